The molecule has 0 aliphatic carbocycles. The summed E-state index contributed by atoms with van der Waals surface area (Å²) in [5.74, 6) is 0.918. The van der Waals surface area contributed by atoms with Gasteiger partial charge in [-0.1, -0.05) is 59.9 Å². The predicted octanol–water partition coefficient (Wildman–Crippen LogP) is 5.04. The second-order valence-corrected chi connectivity index (χ2v) is 11.5. The molecule has 0 fully saturated rings. The molecule has 0 bridgehead atoms. The van der Waals surface area contributed by atoms with E-state index in [4.69, 9.17) is 18.9 Å². The van der Waals surface area contributed by atoms with Crippen molar-refractivity contribution in [2.75, 3.05) is 13.7 Å². The number of thiazole rings is 1. The summed E-state index contributed by atoms with van der Waals surface area (Å²) in [6, 6.07) is 21.4. The van der Waals surface area contributed by atoms with Crippen LogP contribution in [0.3, 0.4) is 0 Å². The van der Waals surface area contributed by atoms with Gasteiger partial charge in [0.1, 0.15) is 18.4 Å². The van der Waals surface area contributed by atoms with E-state index in [0.29, 0.717) is 49.0 Å². The summed E-state index contributed by atoms with van der Waals surface area (Å²) in [6.07, 6.45) is 1.60. The van der Waals surface area contributed by atoms with E-state index in [1.807, 2.05) is 62.4 Å². The third kappa shape index (κ3) is 6.40. The third-order valence-corrected chi connectivity index (χ3v) is 8.10. The fraction of sp³-hybridized carbons (Fsp3) is 0.257. The smallest absolute Gasteiger partial charge is 0.338 e. The first-order chi connectivity index (χ1) is 21.8. The lowest BCUT2D eigenvalue weighted by molar-refractivity contribution is -0.139. The first kappa shape index (κ1) is 31.3. The molecule has 1 aromatic heterocycles. The summed E-state index contributed by atoms with van der Waals surface area (Å²) >= 11 is 1.21. The van der Waals surface area contributed by atoms with Crippen molar-refractivity contribution in [3.63, 3.8) is 0 Å². The van der Waals surface area contributed by atoms with Crippen molar-refractivity contribution >= 4 is 23.4 Å². The average Bonchev–Trinajstić information content (AvgIpc) is 3.33. The third-order valence-electron chi connectivity index (χ3n) is 7.12. The lowest BCUT2D eigenvalue weighted by Crippen LogP contribution is -2.40. The molecule has 230 valence electrons. The molecule has 1 atom stereocenters. The van der Waals surface area contributed by atoms with Gasteiger partial charge in [0.05, 0.1) is 47.3 Å². The Morgan fingerprint density at radius 1 is 1.09 bits per heavy atom. The van der Waals surface area contributed by atoms with Gasteiger partial charge in [-0.15, -0.1) is 0 Å². The number of esters is 1. The van der Waals surface area contributed by atoms with Crippen LogP contribution < -0.4 is 29.1 Å². The molecule has 1 aliphatic rings. The van der Waals surface area contributed by atoms with E-state index in [0.717, 1.165) is 5.56 Å². The molecule has 0 spiro atoms. The number of rotatable bonds is 10. The van der Waals surface area contributed by atoms with E-state index in [9.17, 15) is 14.9 Å². The molecular formula is C35H33N3O6S. The van der Waals surface area contributed by atoms with Gasteiger partial charge in [-0.05, 0) is 52.0 Å². The minimum absolute atomic E-state index is 0.126. The number of fused-ring (bicyclic) bond motifs is 1. The number of benzene rings is 3. The maximum Gasteiger partial charge on any atom is 0.338 e. The number of para-hydroxylation sites is 2. The molecule has 0 N–H and O–H groups in total. The molecule has 5 rings (SSSR count). The maximum absolute atomic E-state index is 14.3. The molecule has 4 aromatic rings. The number of carbonyl (C=O) groups excluding carboxylic acids is 1. The van der Waals surface area contributed by atoms with Crippen molar-refractivity contribution in [2.24, 2.45) is 4.99 Å². The first-order valence-corrected chi connectivity index (χ1v) is 15.3. The van der Waals surface area contributed by atoms with Crippen LogP contribution in [0.25, 0.3) is 6.08 Å². The lowest BCUT2D eigenvalue weighted by Gasteiger charge is -2.26. The minimum atomic E-state index is -0.819. The molecule has 1 aliphatic heterocycles. The van der Waals surface area contributed by atoms with Gasteiger partial charge >= 0.3 is 5.97 Å². The van der Waals surface area contributed by atoms with Crippen molar-refractivity contribution in [2.45, 2.75) is 46.4 Å². The fourth-order valence-corrected chi connectivity index (χ4v) is 6.20. The van der Waals surface area contributed by atoms with Crippen molar-refractivity contribution in [3.05, 3.63) is 120 Å². The van der Waals surface area contributed by atoms with Gasteiger partial charge in [0.2, 0.25) is 0 Å². The number of aromatic nitrogens is 1. The highest BCUT2D eigenvalue weighted by atomic mass is 32.1. The van der Waals surface area contributed by atoms with Crippen molar-refractivity contribution in [3.8, 4) is 23.3 Å². The molecule has 0 unspecified atom stereocenters. The highest BCUT2D eigenvalue weighted by Crippen LogP contribution is 2.36. The van der Waals surface area contributed by atoms with Crippen LogP contribution in [0.4, 0.5) is 0 Å². The highest BCUT2D eigenvalue weighted by Gasteiger charge is 2.35. The molecule has 0 saturated carbocycles. The molecule has 0 saturated heterocycles. The average molecular weight is 624 g/mol. The molecule has 9 nitrogen and oxygen atoms in total. The summed E-state index contributed by atoms with van der Waals surface area (Å²) < 4.78 is 25.3. The van der Waals surface area contributed by atoms with Gasteiger partial charge in [0.25, 0.3) is 5.56 Å². The number of carbonyl (C=O) groups is 1. The number of ether oxygens (including phenoxy) is 4. The number of nitriles is 1. The van der Waals surface area contributed by atoms with Gasteiger partial charge in [-0.2, -0.15) is 5.26 Å². The Morgan fingerprint density at radius 3 is 2.56 bits per heavy atom. The van der Waals surface area contributed by atoms with Gasteiger partial charge in [0.15, 0.2) is 16.3 Å². The Hall–Kier alpha value is -5.14. The number of hydrogen-bond acceptors (Lipinski definition) is 9. The second-order valence-electron chi connectivity index (χ2n) is 10.4. The molecule has 3 aromatic carbocycles. The Morgan fingerprint density at radius 2 is 1.82 bits per heavy atom. The van der Waals surface area contributed by atoms with Crippen molar-refractivity contribution in [1.82, 2.24) is 4.57 Å². The Bertz CT molecular complexity index is 2000. The monoisotopic (exact) mass is 623 g/mol. The van der Waals surface area contributed by atoms with E-state index in [-0.39, 0.29) is 30.5 Å². The topological polar surface area (TPSA) is 112 Å². The van der Waals surface area contributed by atoms with E-state index < -0.39 is 12.0 Å². The highest BCUT2D eigenvalue weighted by molar-refractivity contribution is 7.07. The lowest BCUT2D eigenvalue weighted by atomic mass is 9.95. The molecule has 45 heavy (non-hydrogen) atoms. The van der Waals surface area contributed by atoms with Gasteiger partial charge in [-0.3, -0.25) is 9.36 Å². The number of allylic oxidation sites excluding steroid dienone is 1. The summed E-state index contributed by atoms with van der Waals surface area (Å²) in [4.78, 5) is 32.7. The van der Waals surface area contributed by atoms with Crippen molar-refractivity contribution in [1.29, 1.82) is 5.26 Å². The van der Waals surface area contributed by atoms with Gasteiger partial charge < -0.3 is 18.9 Å². The first-order valence-electron chi connectivity index (χ1n) is 14.5. The zero-order valence-corrected chi connectivity index (χ0v) is 26.5. The zero-order valence-electron chi connectivity index (χ0n) is 25.7. The largest absolute Gasteiger partial charge is 0.493 e. The summed E-state index contributed by atoms with van der Waals surface area (Å²) in [6.45, 7) is 7.62. The normalized spacial score (nSPS) is 14.4. The Balaban J connectivity index is 1.67. The van der Waals surface area contributed by atoms with Crippen LogP contribution >= 0.6 is 11.3 Å². The maximum atomic E-state index is 14.3. The van der Waals surface area contributed by atoms with Crippen LogP contribution in [0.15, 0.2) is 87.8 Å². The minimum Gasteiger partial charge on any atom is -0.493 e. The van der Waals surface area contributed by atoms with Crippen LogP contribution in [0.5, 0.6) is 17.2 Å². The van der Waals surface area contributed by atoms with E-state index in [2.05, 4.69) is 11.1 Å². The number of hydrogen-bond donors (Lipinski definition) is 0. The second kappa shape index (κ2) is 13.7. The fourth-order valence-electron chi connectivity index (χ4n) is 5.16. The zero-order chi connectivity index (χ0) is 32.1. The SMILES string of the molecule is CCOC(=O)C1=C(C)N=c2s/c(=C\c3cccc(OC)c3OCc3ccccc3C#N)c(=O)n2[C@H]1c1ccccc1OC(C)C. The summed E-state index contributed by atoms with van der Waals surface area (Å²) in [5.41, 5.74) is 2.90. The van der Waals surface area contributed by atoms with Crippen LogP contribution in [-0.4, -0.2) is 30.4 Å². The Kier molecular flexibility index (Phi) is 9.50. The molecule has 2 heterocycles. The predicted molar refractivity (Wildman–Crippen MR) is 171 cm³/mol. The van der Waals surface area contributed by atoms with Gasteiger partial charge in [0, 0.05) is 16.7 Å². The van der Waals surface area contributed by atoms with Crippen LogP contribution in [0, 0.1) is 11.3 Å². The molecule has 0 amide bonds. The Labute approximate surface area is 264 Å². The van der Waals surface area contributed by atoms with E-state index >= 15 is 0 Å². The van der Waals surface area contributed by atoms with Gasteiger partial charge in [-0.25, -0.2) is 9.79 Å². The quantitative estimate of drug-likeness (QED) is 0.228. The van der Waals surface area contributed by atoms with Crippen LogP contribution in [0.1, 0.15) is 56.0 Å². The number of nitrogens with zero attached hydrogens (tertiary/aromatic N) is 3. The molecule has 10 heteroatoms. The van der Waals surface area contributed by atoms with E-state index in [1.165, 1.54) is 15.9 Å². The number of methoxy groups -OCH3 is 1. The summed E-state index contributed by atoms with van der Waals surface area (Å²) in [7, 11) is 1.54. The van der Waals surface area contributed by atoms with Crippen LogP contribution in [-0.2, 0) is 16.1 Å². The summed E-state index contributed by atoms with van der Waals surface area (Å²) in [5, 5.41) is 9.52. The molecule has 0 radical (unpaired) electrons. The van der Waals surface area contributed by atoms with E-state index in [1.54, 1.807) is 45.2 Å². The van der Waals surface area contributed by atoms with Crippen LogP contribution in [0.2, 0.25) is 0 Å². The van der Waals surface area contributed by atoms with Crippen molar-refractivity contribution < 1.29 is 23.7 Å². The molecular weight excluding hydrogens is 590 g/mol. The standard InChI is InChI=1S/C35H33N3O6S/c1-6-42-34(40)30-22(4)37-35-38(31(30)26-15-9-10-16-27(26)44-21(2)3)33(39)29(45-35)18-23-14-11-17-28(41-5)32(23)43-20-25-13-8-7-12-24(25)19-36/h7-18,21,31H,6,20H2,1-5H3/b29-18-/t31-/m0/s1.